The van der Waals surface area contributed by atoms with Crippen molar-refractivity contribution in [1.82, 2.24) is 36.1 Å². The van der Waals surface area contributed by atoms with Gasteiger partial charge in [0.2, 0.25) is 29.5 Å². The zero-order chi connectivity index (χ0) is 38.2. The number of carbonyl (C=O) groups is 7. The molecule has 0 saturated carbocycles. The van der Waals surface area contributed by atoms with E-state index in [-0.39, 0.29) is 50.8 Å². The highest BCUT2D eigenvalue weighted by atomic mass is 16.4. The summed E-state index contributed by atoms with van der Waals surface area (Å²) in [5.74, 6) is -5.95. The number of nitrogens with two attached hydrogens (primary N) is 2. The highest BCUT2D eigenvalue weighted by Gasteiger charge is 2.37. The molecule has 52 heavy (non-hydrogen) atoms. The maximum Gasteiger partial charge on any atom is 0.326 e. The smallest absolute Gasteiger partial charge is 0.326 e. The molecule has 1 aromatic heterocycles. The predicted octanol–water partition coefficient (Wildman–Crippen LogP) is -2.13. The molecule has 19 nitrogen and oxygen atoms in total. The number of nitrogens with one attached hydrogen (secondary N) is 5. The highest BCUT2D eigenvalue weighted by Crippen LogP contribution is 2.18. The van der Waals surface area contributed by atoms with E-state index in [4.69, 9.17) is 16.6 Å². The second kappa shape index (κ2) is 20.3. The summed E-state index contributed by atoms with van der Waals surface area (Å²) in [6, 6.07) is -0.106. The molecule has 12 N–H and O–H groups in total. The van der Waals surface area contributed by atoms with Crippen LogP contribution in [0.2, 0.25) is 0 Å². The third-order valence-corrected chi connectivity index (χ3v) is 8.48. The van der Waals surface area contributed by atoms with Crippen LogP contribution in [0.25, 0.3) is 0 Å². The first-order valence-electron chi connectivity index (χ1n) is 16.9. The van der Waals surface area contributed by atoms with Crippen molar-refractivity contribution in [2.45, 2.75) is 88.0 Å². The number of aliphatic carboxylic acids is 2. The second-order valence-electron chi connectivity index (χ2n) is 12.5. The van der Waals surface area contributed by atoms with Crippen molar-refractivity contribution in [3.63, 3.8) is 0 Å². The quantitative estimate of drug-likeness (QED) is 0.0615. The molecular weight excluding hydrogens is 682 g/mol. The molecule has 0 radical (unpaired) electrons. The fraction of sp³-hybridized carbons (Fsp3) is 0.515. The summed E-state index contributed by atoms with van der Waals surface area (Å²) in [5, 5.41) is 38.4. The predicted molar refractivity (Wildman–Crippen MR) is 183 cm³/mol. The van der Waals surface area contributed by atoms with E-state index in [1.165, 1.54) is 29.6 Å². The van der Waals surface area contributed by atoms with Crippen LogP contribution in [-0.2, 0) is 46.4 Å². The van der Waals surface area contributed by atoms with Crippen LogP contribution in [0.5, 0.6) is 5.75 Å². The van der Waals surface area contributed by atoms with Crippen molar-refractivity contribution in [2.24, 2.45) is 11.5 Å². The molecule has 1 aromatic carbocycles. The standard InChI is InChI=1S/C33H47N9O10/c34-12-2-1-4-23(33(51)52)39-30(48)24(14-19-6-8-21(43)9-7-19)40-31(49)25(15-20-16-36-18-38-20)41-32(50)26-5-3-13-42(26)27(44)17-37-29(47)22(35)10-11-28(45)46/h6-9,16,18,22-26,43H,1-5,10-15,17,34-35H2,(H,36,38)(H,37,47)(H,39,48)(H,40,49)(H,41,50)(H,45,46)(H,51,52)/t22-,23-,24-,25-,26-/m0/s1. The molecule has 0 bridgehead atoms. The number of phenols is 1. The van der Waals surface area contributed by atoms with Crippen molar-refractivity contribution < 1.29 is 48.9 Å². The molecule has 1 saturated heterocycles. The lowest BCUT2D eigenvalue weighted by Gasteiger charge is -2.28. The van der Waals surface area contributed by atoms with Crippen molar-refractivity contribution >= 4 is 41.5 Å². The van der Waals surface area contributed by atoms with E-state index in [0.29, 0.717) is 37.1 Å². The van der Waals surface area contributed by atoms with E-state index in [9.17, 15) is 43.8 Å². The molecule has 3 rings (SSSR count). The number of rotatable bonds is 21. The summed E-state index contributed by atoms with van der Waals surface area (Å²) >= 11 is 0. The normalized spacial score (nSPS) is 16.2. The number of amides is 5. The number of aromatic hydroxyl groups is 1. The van der Waals surface area contributed by atoms with Gasteiger partial charge >= 0.3 is 11.9 Å². The number of carbonyl (C=O) groups excluding carboxylic acids is 5. The van der Waals surface area contributed by atoms with E-state index < -0.39 is 78.2 Å². The van der Waals surface area contributed by atoms with Gasteiger partial charge in [0.05, 0.1) is 18.9 Å². The first kappa shape index (κ1) is 40.9. The maximum atomic E-state index is 13.9. The molecule has 5 atom stereocenters. The zero-order valence-corrected chi connectivity index (χ0v) is 28.6. The summed E-state index contributed by atoms with van der Waals surface area (Å²) in [4.78, 5) is 97.2. The van der Waals surface area contributed by atoms with Gasteiger partial charge in [0.1, 0.15) is 29.9 Å². The van der Waals surface area contributed by atoms with Crippen LogP contribution in [0.1, 0.15) is 56.2 Å². The molecule has 1 aliphatic heterocycles. The van der Waals surface area contributed by atoms with Gasteiger partial charge in [-0.05, 0) is 62.8 Å². The zero-order valence-electron chi connectivity index (χ0n) is 28.6. The monoisotopic (exact) mass is 729 g/mol. The molecule has 1 aliphatic rings. The van der Waals surface area contributed by atoms with Crippen LogP contribution in [0.4, 0.5) is 0 Å². The Kier molecular flexibility index (Phi) is 16.0. The second-order valence-corrected chi connectivity index (χ2v) is 12.5. The van der Waals surface area contributed by atoms with E-state index in [1.807, 2.05) is 0 Å². The van der Waals surface area contributed by atoms with E-state index in [0.717, 1.165) is 0 Å². The van der Waals surface area contributed by atoms with Crippen molar-refractivity contribution in [3.05, 3.63) is 48.0 Å². The van der Waals surface area contributed by atoms with Crippen LogP contribution in [0.3, 0.4) is 0 Å². The lowest BCUT2D eigenvalue weighted by Crippen LogP contribution is -2.58. The Morgan fingerprint density at radius 3 is 2.19 bits per heavy atom. The molecule has 19 heteroatoms. The summed E-state index contributed by atoms with van der Waals surface area (Å²) < 4.78 is 0. The van der Waals surface area contributed by atoms with Crippen LogP contribution < -0.4 is 32.7 Å². The Bertz CT molecular complexity index is 1540. The van der Waals surface area contributed by atoms with E-state index >= 15 is 0 Å². The van der Waals surface area contributed by atoms with Gasteiger partial charge in [-0.15, -0.1) is 0 Å². The van der Waals surface area contributed by atoms with Crippen LogP contribution in [-0.4, -0.2) is 122 Å². The first-order valence-corrected chi connectivity index (χ1v) is 16.9. The van der Waals surface area contributed by atoms with Crippen LogP contribution in [0, 0.1) is 0 Å². The molecule has 284 valence electrons. The number of H-pyrrole nitrogens is 1. The Balaban J connectivity index is 1.76. The number of hydrogen-bond acceptors (Lipinski definition) is 11. The Labute approximate surface area is 299 Å². The number of phenolic OH excluding ortho intramolecular Hbond substituents is 1. The molecule has 2 aromatic rings. The number of carboxylic acids is 2. The van der Waals surface area contributed by atoms with Crippen molar-refractivity contribution in [2.75, 3.05) is 19.6 Å². The van der Waals surface area contributed by atoms with E-state index in [1.54, 1.807) is 12.1 Å². The fourth-order valence-electron chi connectivity index (χ4n) is 5.61. The summed E-state index contributed by atoms with van der Waals surface area (Å²) in [6.07, 6.45) is 3.99. The third-order valence-electron chi connectivity index (χ3n) is 8.48. The van der Waals surface area contributed by atoms with Gasteiger partial charge < -0.3 is 57.9 Å². The van der Waals surface area contributed by atoms with E-state index in [2.05, 4.69) is 31.2 Å². The number of aromatic amines is 1. The number of carboxylic acid groups (broad SMARTS) is 2. The maximum absolute atomic E-state index is 13.9. The lowest BCUT2D eigenvalue weighted by molar-refractivity contribution is -0.142. The molecule has 0 unspecified atom stereocenters. The number of aromatic nitrogens is 2. The lowest BCUT2D eigenvalue weighted by atomic mass is 10.0. The largest absolute Gasteiger partial charge is 0.508 e. The Hall–Kier alpha value is -5.56. The molecule has 0 aliphatic carbocycles. The van der Waals surface area contributed by atoms with Gasteiger partial charge in [-0.3, -0.25) is 28.8 Å². The van der Waals surface area contributed by atoms with Gasteiger partial charge in [-0.2, -0.15) is 0 Å². The SMILES string of the molecule is NCCCC[C@H](NC(=O)[C@H](Cc1ccc(O)cc1)NC(=O)[C@H](Cc1cnc[nH]1)NC(=O)[C@@H]1CCCN1C(=O)CNC(=O)[C@@H](N)CCC(=O)O)C(=O)O. The minimum atomic E-state index is -1.30. The Morgan fingerprint density at radius 1 is 0.904 bits per heavy atom. The molecule has 1 fully saturated rings. The molecule has 2 heterocycles. The van der Waals surface area contributed by atoms with Crippen LogP contribution in [0.15, 0.2) is 36.8 Å². The summed E-state index contributed by atoms with van der Waals surface area (Å²) in [7, 11) is 0. The minimum Gasteiger partial charge on any atom is -0.508 e. The molecule has 5 amide bonds. The number of nitrogens with zero attached hydrogens (tertiary/aromatic N) is 2. The number of unbranched alkanes of at least 4 members (excludes halogenated alkanes) is 1. The number of hydrogen-bond donors (Lipinski definition) is 10. The fourth-order valence-corrected chi connectivity index (χ4v) is 5.61. The highest BCUT2D eigenvalue weighted by molar-refractivity contribution is 5.96. The number of imidazole rings is 1. The Morgan fingerprint density at radius 2 is 1.58 bits per heavy atom. The molecular formula is C33H47N9O10. The van der Waals surface area contributed by atoms with Gasteiger partial charge in [0, 0.05) is 37.7 Å². The topological polar surface area (TPSA) is 312 Å². The van der Waals surface area contributed by atoms with Gasteiger partial charge in [-0.25, -0.2) is 9.78 Å². The van der Waals surface area contributed by atoms with Crippen LogP contribution >= 0.6 is 0 Å². The third kappa shape index (κ3) is 13.0. The summed E-state index contributed by atoms with van der Waals surface area (Å²) in [6.45, 7) is 0.0523. The average Bonchev–Trinajstić information content (AvgIpc) is 3.82. The average molecular weight is 730 g/mol. The minimum absolute atomic E-state index is 0.0249. The van der Waals surface area contributed by atoms with Gasteiger partial charge in [0.15, 0.2) is 0 Å². The van der Waals surface area contributed by atoms with Crippen molar-refractivity contribution in [3.8, 4) is 5.75 Å². The summed E-state index contributed by atoms with van der Waals surface area (Å²) in [5.41, 5.74) is 12.2. The number of benzene rings is 1. The number of likely N-dealkylation sites (tertiary alicyclic amines) is 1. The van der Waals surface area contributed by atoms with Gasteiger partial charge in [-0.1, -0.05) is 12.1 Å². The molecule has 0 spiro atoms. The first-order chi connectivity index (χ1) is 24.8. The van der Waals surface area contributed by atoms with Crippen molar-refractivity contribution in [1.29, 1.82) is 0 Å². The van der Waals surface area contributed by atoms with Gasteiger partial charge in [0.25, 0.3) is 0 Å².